The van der Waals surface area contributed by atoms with Gasteiger partial charge in [0, 0.05) is 11.1 Å². The van der Waals surface area contributed by atoms with Gasteiger partial charge in [-0.15, -0.1) is 23.7 Å². The monoisotopic (exact) mass is 263 g/mol. The van der Waals surface area contributed by atoms with Crippen LogP contribution in [0.4, 0.5) is 0 Å². The Morgan fingerprint density at radius 1 is 1.69 bits per heavy atom. The summed E-state index contributed by atoms with van der Waals surface area (Å²) >= 11 is 1.57. The molecule has 16 heavy (non-hydrogen) atoms. The fourth-order valence-electron chi connectivity index (χ4n) is 1.17. The van der Waals surface area contributed by atoms with Crippen LogP contribution in [0.2, 0.25) is 0 Å². The number of halogens is 1. The molecule has 2 unspecified atom stereocenters. The van der Waals surface area contributed by atoms with Crippen molar-refractivity contribution in [2.75, 3.05) is 0 Å². The summed E-state index contributed by atoms with van der Waals surface area (Å²) in [6, 6.07) is -0.484. The van der Waals surface area contributed by atoms with E-state index in [1.165, 1.54) is 0 Å². The molecule has 0 saturated carbocycles. The fraction of sp³-hybridized carbons (Fsp3) is 0.600. The number of thiazole rings is 1. The molecule has 1 aromatic rings. The number of hydrogen-bond acceptors (Lipinski definition) is 4. The molecule has 0 bridgehead atoms. The predicted molar refractivity (Wildman–Crippen MR) is 68.9 cm³/mol. The van der Waals surface area contributed by atoms with Crippen LogP contribution in [-0.2, 0) is 4.79 Å². The van der Waals surface area contributed by atoms with Gasteiger partial charge in [0.2, 0.25) is 5.91 Å². The molecule has 2 atom stereocenters. The Labute approximate surface area is 106 Å². The molecule has 0 fully saturated rings. The molecule has 1 aromatic heterocycles. The highest BCUT2D eigenvalue weighted by molar-refractivity contribution is 7.09. The van der Waals surface area contributed by atoms with Gasteiger partial charge >= 0.3 is 0 Å². The summed E-state index contributed by atoms with van der Waals surface area (Å²) < 4.78 is 0. The molecule has 0 spiro atoms. The van der Waals surface area contributed by atoms with E-state index in [-0.39, 0.29) is 24.4 Å². The first kappa shape index (κ1) is 15.3. The van der Waals surface area contributed by atoms with E-state index in [9.17, 15) is 4.79 Å². The third kappa shape index (κ3) is 4.08. The van der Waals surface area contributed by atoms with Crippen LogP contribution in [0.1, 0.15) is 37.0 Å². The number of aromatic nitrogens is 1. The maximum atomic E-state index is 11.4. The highest BCUT2D eigenvalue weighted by atomic mass is 35.5. The molecule has 0 aliphatic heterocycles. The number of carbonyl (C=O) groups is 1. The summed E-state index contributed by atoms with van der Waals surface area (Å²) in [7, 11) is 0. The Hall–Kier alpha value is -0.650. The van der Waals surface area contributed by atoms with Crippen LogP contribution in [0, 0.1) is 6.92 Å². The van der Waals surface area contributed by atoms with E-state index >= 15 is 0 Å². The van der Waals surface area contributed by atoms with Crippen molar-refractivity contribution < 1.29 is 4.79 Å². The maximum Gasteiger partial charge on any atom is 0.237 e. The summed E-state index contributed by atoms with van der Waals surface area (Å²) in [5.41, 5.74) is 6.48. The van der Waals surface area contributed by atoms with E-state index < -0.39 is 6.04 Å². The van der Waals surface area contributed by atoms with Crippen LogP contribution in [0.3, 0.4) is 0 Å². The molecule has 1 rings (SSSR count). The number of hydrogen-bond donors (Lipinski definition) is 2. The summed E-state index contributed by atoms with van der Waals surface area (Å²) in [6.07, 6.45) is 0.825. The summed E-state index contributed by atoms with van der Waals surface area (Å²) in [4.78, 5) is 15.8. The van der Waals surface area contributed by atoms with Crippen molar-refractivity contribution in [3.63, 3.8) is 0 Å². The van der Waals surface area contributed by atoms with Gasteiger partial charge in [-0.05, 0) is 20.3 Å². The normalized spacial score (nSPS) is 13.8. The van der Waals surface area contributed by atoms with Crippen molar-refractivity contribution in [3.8, 4) is 0 Å². The van der Waals surface area contributed by atoms with Crippen LogP contribution in [0.15, 0.2) is 5.38 Å². The number of nitrogens with zero attached hydrogens (tertiary/aromatic N) is 1. The van der Waals surface area contributed by atoms with Crippen LogP contribution >= 0.6 is 23.7 Å². The molecule has 3 N–H and O–H groups in total. The van der Waals surface area contributed by atoms with Crippen LogP contribution in [-0.4, -0.2) is 16.9 Å². The third-order valence-corrected chi connectivity index (χ3v) is 3.15. The van der Waals surface area contributed by atoms with Crippen molar-refractivity contribution in [1.29, 1.82) is 0 Å². The van der Waals surface area contributed by atoms with E-state index in [1.807, 2.05) is 19.2 Å². The van der Waals surface area contributed by atoms with Gasteiger partial charge in [-0.3, -0.25) is 4.79 Å². The van der Waals surface area contributed by atoms with Gasteiger partial charge in [0.15, 0.2) is 0 Å². The first-order valence-electron chi connectivity index (χ1n) is 5.02. The van der Waals surface area contributed by atoms with Gasteiger partial charge < -0.3 is 11.1 Å². The lowest BCUT2D eigenvalue weighted by atomic mass is 10.2. The third-order valence-electron chi connectivity index (χ3n) is 2.07. The number of amides is 1. The smallest absolute Gasteiger partial charge is 0.237 e. The molecule has 1 amide bonds. The Morgan fingerprint density at radius 2 is 2.31 bits per heavy atom. The number of aryl methyl sites for hydroxylation is 1. The highest BCUT2D eigenvalue weighted by Crippen LogP contribution is 2.20. The second kappa shape index (κ2) is 6.83. The van der Waals surface area contributed by atoms with Crippen LogP contribution in [0.5, 0.6) is 0 Å². The zero-order chi connectivity index (χ0) is 11.4. The number of rotatable bonds is 4. The maximum absolute atomic E-state index is 11.4. The molecule has 6 heteroatoms. The van der Waals surface area contributed by atoms with E-state index in [0.717, 1.165) is 17.1 Å². The Bertz CT molecular complexity index is 341. The van der Waals surface area contributed by atoms with Crippen molar-refractivity contribution in [3.05, 3.63) is 16.1 Å². The molecule has 0 radical (unpaired) electrons. The molecule has 4 nitrogen and oxygen atoms in total. The lowest BCUT2D eigenvalue weighted by molar-refractivity contribution is -0.122. The lowest BCUT2D eigenvalue weighted by Crippen LogP contribution is -2.40. The molecular weight excluding hydrogens is 246 g/mol. The molecule has 0 aromatic carbocycles. The van der Waals surface area contributed by atoms with Gasteiger partial charge in [-0.1, -0.05) is 6.92 Å². The van der Waals surface area contributed by atoms with E-state index in [1.54, 1.807) is 18.3 Å². The lowest BCUT2D eigenvalue weighted by Gasteiger charge is -2.15. The highest BCUT2D eigenvalue weighted by Gasteiger charge is 2.17. The van der Waals surface area contributed by atoms with Gasteiger partial charge in [0.05, 0.1) is 12.1 Å². The quantitative estimate of drug-likeness (QED) is 0.870. The largest absolute Gasteiger partial charge is 0.346 e. The topological polar surface area (TPSA) is 68.0 Å². The molecule has 0 saturated heterocycles. The zero-order valence-electron chi connectivity index (χ0n) is 9.69. The fourth-order valence-corrected chi connectivity index (χ4v) is 2.10. The van der Waals surface area contributed by atoms with Gasteiger partial charge in [-0.2, -0.15) is 0 Å². The molecule has 0 aliphatic carbocycles. The average Bonchev–Trinajstić information content (AvgIpc) is 2.60. The summed E-state index contributed by atoms with van der Waals surface area (Å²) in [6.45, 7) is 5.64. The number of carbonyl (C=O) groups excluding carboxylic acids is 1. The van der Waals surface area contributed by atoms with E-state index in [4.69, 9.17) is 5.73 Å². The first-order chi connectivity index (χ1) is 7.04. The second-order valence-corrected chi connectivity index (χ2v) is 4.47. The second-order valence-electron chi connectivity index (χ2n) is 3.59. The predicted octanol–water partition coefficient (Wildman–Crippen LogP) is 1.79. The summed E-state index contributed by atoms with van der Waals surface area (Å²) in [5, 5.41) is 5.81. The Morgan fingerprint density at radius 3 is 2.69 bits per heavy atom. The van der Waals surface area contributed by atoms with Gasteiger partial charge in [0.25, 0.3) is 0 Å². The van der Waals surface area contributed by atoms with Crippen molar-refractivity contribution in [2.24, 2.45) is 5.73 Å². The Balaban J connectivity index is 0.00000225. The minimum absolute atomic E-state index is 0. The SMILES string of the molecule is CCC(NC(=O)C(C)N)c1nc(C)cs1.Cl. The number of nitrogens with one attached hydrogen (secondary N) is 1. The standard InChI is InChI=1S/C10H17N3OS.ClH/c1-4-8(13-9(14)7(3)11)10-12-6(2)5-15-10;/h5,7-8H,4,11H2,1-3H3,(H,13,14);1H. The first-order valence-corrected chi connectivity index (χ1v) is 5.90. The van der Waals surface area contributed by atoms with Crippen molar-refractivity contribution in [1.82, 2.24) is 10.3 Å². The van der Waals surface area contributed by atoms with E-state index in [0.29, 0.717) is 0 Å². The van der Waals surface area contributed by atoms with Crippen LogP contribution in [0.25, 0.3) is 0 Å². The minimum Gasteiger partial charge on any atom is -0.346 e. The van der Waals surface area contributed by atoms with Crippen molar-refractivity contribution >= 4 is 29.7 Å². The Kier molecular flexibility index (Phi) is 6.55. The van der Waals surface area contributed by atoms with E-state index in [2.05, 4.69) is 10.3 Å². The van der Waals surface area contributed by atoms with Crippen molar-refractivity contribution in [2.45, 2.75) is 39.3 Å². The minimum atomic E-state index is -0.472. The number of nitrogens with two attached hydrogens (primary N) is 1. The average molecular weight is 264 g/mol. The molecule has 92 valence electrons. The van der Waals surface area contributed by atoms with Gasteiger partial charge in [-0.25, -0.2) is 4.98 Å². The van der Waals surface area contributed by atoms with Gasteiger partial charge in [0.1, 0.15) is 5.01 Å². The molecule has 1 heterocycles. The molecule has 0 aliphatic rings. The van der Waals surface area contributed by atoms with Crippen LogP contribution < -0.4 is 11.1 Å². The zero-order valence-corrected chi connectivity index (χ0v) is 11.3. The summed E-state index contributed by atoms with van der Waals surface area (Å²) in [5.74, 6) is -0.130. The molecular formula is C10H18ClN3OS.